The Labute approximate surface area is 177 Å². The normalized spacial score (nSPS) is 18.0. The average molecular weight is 449 g/mol. The fourth-order valence-electron chi connectivity index (χ4n) is 3.17. The van der Waals surface area contributed by atoms with E-state index in [-0.39, 0.29) is 16.2 Å². The number of carbonyl (C=O) groups is 1. The number of amides is 1. The first-order chi connectivity index (χ1) is 13.9. The van der Waals surface area contributed by atoms with E-state index in [4.69, 9.17) is 0 Å². The van der Waals surface area contributed by atoms with E-state index < -0.39 is 31.8 Å². The fourth-order valence-corrected chi connectivity index (χ4v) is 5.34. The van der Waals surface area contributed by atoms with Crippen LogP contribution in [-0.2, 0) is 19.9 Å². The van der Waals surface area contributed by atoms with Crippen LogP contribution in [0.15, 0.2) is 58.8 Å². The summed E-state index contributed by atoms with van der Waals surface area (Å²) < 4.78 is 49.6. The zero-order valence-corrected chi connectivity index (χ0v) is 18.9. The zero-order valence-electron chi connectivity index (χ0n) is 17.2. The monoisotopic (exact) mass is 448 g/mol. The first-order valence-corrected chi connectivity index (χ1v) is 12.4. The van der Waals surface area contributed by atoms with Crippen LogP contribution in [0.4, 0.5) is 5.69 Å². The highest BCUT2D eigenvalue weighted by Crippen LogP contribution is 2.27. The van der Waals surface area contributed by atoms with E-state index in [1.807, 2.05) is 26.0 Å². The molecule has 0 saturated carbocycles. The molecule has 2 aromatic rings. The summed E-state index contributed by atoms with van der Waals surface area (Å²) in [6.45, 7) is 3.87. The molecule has 0 N–H and O–H groups in total. The first kappa shape index (κ1) is 22.2. The van der Waals surface area contributed by atoms with E-state index in [1.165, 1.54) is 49.3 Å². The molecule has 0 aromatic heterocycles. The standard InChI is InChI=1S/C21H24N2O5S2/c1-15-5-8-18(13-16(15)2)23(19-11-12-29(25,26)14-19)21(24)17-6-9-20(10-7-17)30(27,28)22(3)4/h5-13,19H,14H2,1-4H3/t19-/m1/s1. The molecule has 30 heavy (non-hydrogen) atoms. The van der Waals surface area contributed by atoms with Crippen molar-refractivity contribution >= 4 is 31.5 Å². The summed E-state index contributed by atoms with van der Waals surface area (Å²) >= 11 is 0. The quantitative estimate of drug-likeness (QED) is 0.701. The maximum atomic E-state index is 13.4. The molecule has 1 heterocycles. The molecular formula is C21H24N2O5S2. The summed E-state index contributed by atoms with van der Waals surface area (Å²) in [6.07, 6.45) is 1.51. The van der Waals surface area contributed by atoms with E-state index in [9.17, 15) is 21.6 Å². The van der Waals surface area contributed by atoms with Gasteiger partial charge < -0.3 is 4.90 Å². The summed E-state index contributed by atoms with van der Waals surface area (Å²) in [5.74, 6) is -0.600. The van der Waals surface area contributed by atoms with Crippen molar-refractivity contribution in [3.63, 3.8) is 0 Å². The van der Waals surface area contributed by atoms with Gasteiger partial charge in [-0.3, -0.25) is 4.79 Å². The van der Waals surface area contributed by atoms with Crippen molar-refractivity contribution in [2.24, 2.45) is 0 Å². The molecule has 0 saturated heterocycles. The molecule has 3 rings (SSSR count). The highest BCUT2D eigenvalue weighted by molar-refractivity contribution is 7.94. The summed E-state index contributed by atoms with van der Waals surface area (Å²) in [5.41, 5.74) is 2.88. The number of rotatable bonds is 5. The highest BCUT2D eigenvalue weighted by atomic mass is 32.2. The number of hydrogen-bond acceptors (Lipinski definition) is 5. The van der Waals surface area contributed by atoms with Crippen LogP contribution >= 0.6 is 0 Å². The molecule has 0 aliphatic carbocycles. The molecule has 0 fully saturated rings. The predicted molar refractivity (Wildman–Crippen MR) is 117 cm³/mol. The second kappa shape index (κ2) is 7.98. The third-order valence-electron chi connectivity index (χ3n) is 5.11. The number of carbonyl (C=O) groups excluding carboxylic acids is 1. The van der Waals surface area contributed by atoms with Crippen LogP contribution in [0.25, 0.3) is 0 Å². The minimum absolute atomic E-state index is 0.0742. The maximum Gasteiger partial charge on any atom is 0.258 e. The minimum Gasteiger partial charge on any atom is -0.300 e. The van der Waals surface area contributed by atoms with Crippen LogP contribution in [0.2, 0.25) is 0 Å². The van der Waals surface area contributed by atoms with Crippen molar-refractivity contribution in [2.45, 2.75) is 24.8 Å². The van der Waals surface area contributed by atoms with Gasteiger partial charge in [-0.2, -0.15) is 0 Å². The number of hydrogen-bond donors (Lipinski definition) is 0. The molecule has 1 amide bonds. The van der Waals surface area contributed by atoms with Crippen molar-refractivity contribution in [2.75, 3.05) is 24.7 Å². The van der Waals surface area contributed by atoms with E-state index in [0.29, 0.717) is 5.69 Å². The van der Waals surface area contributed by atoms with E-state index in [2.05, 4.69) is 0 Å². The van der Waals surface area contributed by atoms with Gasteiger partial charge in [-0.1, -0.05) is 6.07 Å². The third kappa shape index (κ3) is 4.33. The molecule has 9 heteroatoms. The number of anilines is 1. The Morgan fingerprint density at radius 2 is 1.63 bits per heavy atom. The Morgan fingerprint density at radius 3 is 2.13 bits per heavy atom. The SMILES string of the molecule is Cc1ccc(N(C(=O)c2ccc(S(=O)(=O)N(C)C)cc2)[C@@H]2C=CS(=O)(=O)C2)cc1C. The van der Waals surface area contributed by atoms with Gasteiger partial charge >= 0.3 is 0 Å². The molecule has 0 radical (unpaired) electrons. The molecule has 1 atom stereocenters. The van der Waals surface area contributed by atoms with Crippen LogP contribution in [0.3, 0.4) is 0 Å². The zero-order chi connectivity index (χ0) is 22.3. The van der Waals surface area contributed by atoms with Gasteiger partial charge in [0.2, 0.25) is 10.0 Å². The second-order valence-corrected chi connectivity index (χ2v) is 11.6. The Bertz CT molecular complexity index is 1210. The molecule has 2 aromatic carbocycles. The average Bonchev–Trinajstić information content (AvgIpc) is 3.04. The summed E-state index contributed by atoms with van der Waals surface area (Å²) in [7, 11) is -4.13. The van der Waals surface area contributed by atoms with Gasteiger partial charge in [0.1, 0.15) is 0 Å². The largest absolute Gasteiger partial charge is 0.300 e. The van der Waals surface area contributed by atoms with Crippen molar-refractivity contribution in [3.8, 4) is 0 Å². The molecule has 160 valence electrons. The lowest BCUT2D eigenvalue weighted by molar-refractivity contribution is 0.0983. The van der Waals surface area contributed by atoms with Crippen molar-refractivity contribution in [1.29, 1.82) is 0 Å². The molecule has 7 nitrogen and oxygen atoms in total. The molecular weight excluding hydrogens is 424 g/mol. The van der Waals surface area contributed by atoms with E-state index in [0.717, 1.165) is 20.8 Å². The lowest BCUT2D eigenvalue weighted by Gasteiger charge is -2.28. The first-order valence-electron chi connectivity index (χ1n) is 9.27. The maximum absolute atomic E-state index is 13.4. The molecule has 1 aliphatic heterocycles. The lowest BCUT2D eigenvalue weighted by Crippen LogP contribution is -2.41. The van der Waals surface area contributed by atoms with Crippen LogP contribution in [0.5, 0.6) is 0 Å². The van der Waals surface area contributed by atoms with E-state index in [1.54, 1.807) is 6.07 Å². The van der Waals surface area contributed by atoms with Gasteiger partial charge in [-0.25, -0.2) is 21.1 Å². The van der Waals surface area contributed by atoms with Crippen LogP contribution in [-0.4, -0.2) is 52.9 Å². The summed E-state index contributed by atoms with van der Waals surface area (Å²) in [5, 5.41) is 1.13. The third-order valence-corrected chi connectivity index (χ3v) is 8.32. The van der Waals surface area contributed by atoms with Crippen molar-refractivity contribution < 1.29 is 21.6 Å². The molecule has 0 bridgehead atoms. The van der Waals surface area contributed by atoms with Crippen LogP contribution in [0.1, 0.15) is 21.5 Å². The summed E-state index contributed by atoms with van der Waals surface area (Å²) in [4.78, 5) is 14.9. The van der Waals surface area contributed by atoms with E-state index >= 15 is 0 Å². The van der Waals surface area contributed by atoms with Crippen LogP contribution in [0, 0.1) is 13.8 Å². The number of sulfone groups is 1. The second-order valence-electron chi connectivity index (χ2n) is 7.48. The van der Waals surface area contributed by atoms with Gasteiger partial charge in [0.05, 0.1) is 16.7 Å². The minimum atomic E-state index is -3.62. The number of sulfonamides is 1. The number of nitrogens with zero attached hydrogens (tertiary/aromatic N) is 2. The predicted octanol–water partition coefficient (Wildman–Crippen LogP) is 2.51. The summed E-state index contributed by atoms with van der Waals surface area (Å²) in [6, 6.07) is 10.5. The van der Waals surface area contributed by atoms with Crippen molar-refractivity contribution in [3.05, 3.63) is 70.6 Å². The van der Waals surface area contributed by atoms with Gasteiger partial charge in [-0.05, 0) is 67.4 Å². The van der Waals surface area contributed by atoms with Gasteiger partial charge in [0.25, 0.3) is 5.91 Å². The lowest BCUT2D eigenvalue weighted by atomic mass is 10.1. The number of aryl methyl sites for hydroxylation is 2. The molecule has 0 spiro atoms. The smallest absolute Gasteiger partial charge is 0.258 e. The van der Waals surface area contributed by atoms with Crippen LogP contribution < -0.4 is 4.90 Å². The Kier molecular flexibility index (Phi) is 5.90. The molecule has 1 aliphatic rings. The molecule has 0 unspecified atom stereocenters. The topological polar surface area (TPSA) is 91.8 Å². The van der Waals surface area contributed by atoms with Crippen molar-refractivity contribution in [1.82, 2.24) is 4.31 Å². The van der Waals surface area contributed by atoms with Gasteiger partial charge in [-0.15, -0.1) is 0 Å². The van der Waals surface area contributed by atoms with Gasteiger partial charge in [0, 0.05) is 30.8 Å². The Morgan fingerprint density at radius 1 is 1.00 bits per heavy atom. The highest BCUT2D eigenvalue weighted by Gasteiger charge is 2.32. The fraction of sp³-hybridized carbons (Fsp3) is 0.286. The van der Waals surface area contributed by atoms with Gasteiger partial charge in [0.15, 0.2) is 9.84 Å². The Hall–Kier alpha value is -2.49. The Balaban J connectivity index is 2.02. The number of benzene rings is 2.